The van der Waals surface area contributed by atoms with Gasteiger partial charge in [-0.3, -0.25) is 4.79 Å². The molecule has 90 valence electrons. The highest BCUT2D eigenvalue weighted by atomic mass is 35.5. The van der Waals surface area contributed by atoms with E-state index in [0.29, 0.717) is 6.42 Å². The van der Waals surface area contributed by atoms with Gasteiger partial charge in [-0.2, -0.15) is 0 Å². The minimum atomic E-state index is -0.428. The monoisotopic (exact) mass is 260 g/mol. The normalized spacial score (nSPS) is 11.4. The minimum Gasteiger partial charge on any atom is -0.325 e. The average molecular weight is 261 g/mol. The molecule has 0 saturated heterocycles. The van der Waals surface area contributed by atoms with E-state index in [-0.39, 0.29) is 18.3 Å². The molecule has 1 aromatic carbocycles. The number of carbonyl (C=O) groups excluding carboxylic acids is 1. The highest BCUT2D eigenvalue weighted by Gasteiger charge is 2.10. The van der Waals surface area contributed by atoms with E-state index in [1.807, 2.05) is 37.4 Å². The number of rotatable bonds is 4. The maximum Gasteiger partial charge on any atom is 0.241 e. The lowest BCUT2D eigenvalue weighted by molar-refractivity contribution is -0.117. The summed E-state index contributed by atoms with van der Waals surface area (Å²) in [4.78, 5) is 12.6. The summed E-state index contributed by atoms with van der Waals surface area (Å²) in [5.41, 5.74) is 6.42. The fourth-order valence-electron chi connectivity index (χ4n) is 1.12. The third-order valence-electron chi connectivity index (χ3n) is 2.11. The van der Waals surface area contributed by atoms with Gasteiger partial charge in [-0.25, -0.2) is 0 Å². The van der Waals surface area contributed by atoms with Gasteiger partial charge >= 0.3 is 0 Å². The topological polar surface area (TPSA) is 55.1 Å². The predicted octanol–water partition coefficient (Wildman–Crippen LogP) is 2.51. The quantitative estimate of drug-likeness (QED) is 0.818. The molecule has 0 spiro atoms. The van der Waals surface area contributed by atoms with Crippen LogP contribution in [0.3, 0.4) is 0 Å². The second-order valence-corrected chi connectivity index (χ2v) is 4.12. The van der Waals surface area contributed by atoms with Gasteiger partial charge in [0, 0.05) is 10.6 Å². The molecule has 0 fully saturated rings. The van der Waals surface area contributed by atoms with Gasteiger partial charge in [0.2, 0.25) is 5.91 Å². The lowest BCUT2D eigenvalue weighted by Gasteiger charge is -2.10. The third-order valence-corrected chi connectivity index (χ3v) is 2.84. The van der Waals surface area contributed by atoms with Gasteiger partial charge in [0.05, 0.1) is 6.04 Å². The summed E-state index contributed by atoms with van der Waals surface area (Å²) in [7, 11) is 0. The van der Waals surface area contributed by atoms with Gasteiger partial charge in [-0.1, -0.05) is 13.0 Å². The zero-order valence-electron chi connectivity index (χ0n) is 9.40. The molecule has 5 heteroatoms. The van der Waals surface area contributed by atoms with Gasteiger partial charge in [0.15, 0.2) is 0 Å². The van der Waals surface area contributed by atoms with Gasteiger partial charge in [-0.15, -0.1) is 24.2 Å². The van der Waals surface area contributed by atoms with Crippen molar-refractivity contribution in [2.75, 3.05) is 11.6 Å². The van der Waals surface area contributed by atoms with Crippen molar-refractivity contribution in [3.05, 3.63) is 24.3 Å². The second kappa shape index (κ2) is 7.54. The number of benzene rings is 1. The van der Waals surface area contributed by atoms with Gasteiger partial charge in [0.1, 0.15) is 0 Å². The van der Waals surface area contributed by atoms with Gasteiger partial charge < -0.3 is 11.1 Å². The Morgan fingerprint density at radius 3 is 2.81 bits per heavy atom. The number of nitrogens with one attached hydrogen (secondary N) is 1. The molecule has 1 aromatic rings. The van der Waals surface area contributed by atoms with Crippen molar-refractivity contribution in [1.29, 1.82) is 0 Å². The number of nitrogens with two attached hydrogens (primary N) is 1. The lowest BCUT2D eigenvalue weighted by atomic mass is 10.2. The maximum atomic E-state index is 11.5. The van der Waals surface area contributed by atoms with Crippen molar-refractivity contribution in [3.63, 3.8) is 0 Å². The molecule has 16 heavy (non-hydrogen) atoms. The van der Waals surface area contributed by atoms with Gasteiger partial charge in [0.25, 0.3) is 0 Å². The summed E-state index contributed by atoms with van der Waals surface area (Å²) in [6, 6.07) is 7.28. The molecule has 0 aliphatic heterocycles. The fourth-order valence-corrected chi connectivity index (χ4v) is 1.58. The largest absolute Gasteiger partial charge is 0.325 e. The van der Waals surface area contributed by atoms with E-state index in [1.54, 1.807) is 11.8 Å². The van der Waals surface area contributed by atoms with Crippen molar-refractivity contribution >= 4 is 35.8 Å². The molecule has 0 radical (unpaired) electrons. The van der Waals surface area contributed by atoms with E-state index in [1.165, 1.54) is 0 Å². The van der Waals surface area contributed by atoms with Crippen LogP contribution in [0, 0.1) is 0 Å². The third kappa shape index (κ3) is 4.43. The van der Waals surface area contributed by atoms with Crippen LogP contribution in [0.25, 0.3) is 0 Å². The molecule has 0 heterocycles. The van der Waals surface area contributed by atoms with Crippen molar-refractivity contribution in [2.24, 2.45) is 5.73 Å². The van der Waals surface area contributed by atoms with E-state index in [9.17, 15) is 4.79 Å². The highest BCUT2D eigenvalue weighted by Crippen LogP contribution is 2.18. The molecule has 0 aliphatic rings. The molecule has 0 unspecified atom stereocenters. The van der Waals surface area contributed by atoms with Crippen LogP contribution in [0.2, 0.25) is 0 Å². The molecule has 0 bridgehead atoms. The lowest BCUT2D eigenvalue weighted by Crippen LogP contribution is -2.34. The zero-order valence-corrected chi connectivity index (χ0v) is 11.0. The molecular weight excluding hydrogens is 244 g/mol. The Bertz CT molecular complexity index is 347. The number of amides is 1. The number of hydrogen-bond acceptors (Lipinski definition) is 3. The van der Waals surface area contributed by atoms with Crippen molar-refractivity contribution in [3.8, 4) is 0 Å². The molecule has 0 aliphatic carbocycles. The van der Waals surface area contributed by atoms with Crippen LogP contribution >= 0.6 is 24.2 Å². The molecule has 3 nitrogen and oxygen atoms in total. The first-order valence-electron chi connectivity index (χ1n) is 4.88. The first-order chi connectivity index (χ1) is 7.17. The number of anilines is 1. The number of halogens is 1. The Labute approximate surface area is 107 Å². The highest BCUT2D eigenvalue weighted by molar-refractivity contribution is 7.98. The molecular formula is C11H17ClN2OS. The Morgan fingerprint density at radius 1 is 1.56 bits per heavy atom. The zero-order chi connectivity index (χ0) is 11.3. The van der Waals surface area contributed by atoms with Crippen LogP contribution in [0.1, 0.15) is 13.3 Å². The number of hydrogen-bond donors (Lipinski definition) is 2. The summed E-state index contributed by atoms with van der Waals surface area (Å²) in [6.45, 7) is 1.89. The van der Waals surface area contributed by atoms with E-state index in [2.05, 4.69) is 5.32 Å². The average Bonchev–Trinajstić information content (AvgIpc) is 2.28. The van der Waals surface area contributed by atoms with Crippen molar-refractivity contribution < 1.29 is 4.79 Å². The van der Waals surface area contributed by atoms with Crippen molar-refractivity contribution in [1.82, 2.24) is 0 Å². The van der Waals surface area contributed by atoms with Crippen LogP contribution in [-0.4, -0.2) is 18.2 Å². The van der Waals surface area contributed by atoms with Crippen LogP contribution in [0.4, 0.5) is 5.69 Å². The smallest absolute Gasteiger partial charge is 0.241 e. The summed E-state index contributed by atoms with van der Waals surface area (Å²) in [6.07, 6.45) is 2.65. The maximum absolute atomic E-state index is 11.5. The molecule has 0 aromatic heterocycles. The first kappa shape index (κ1) is 15.3. The molecule has 0 saturated carbocycles. The summed E-state index contributed by atoms with van der Waals surface area (Å²) < 4.78 is 0. The minimum absolute atomic E-state index is 0. The van der Waals surface area contributed by atoms with E-state index >= 15 is 0 Å². The Balaban J connectivity index is 0.00000225. The van der Waals surface area contributed by atoms with Crippen LogP contribution in [0.15, 0.2) is 29.2 Å². The van der Waals surface area contributed by atoms with Gasteiger partial charge in [-0.05, 0) is 30.9 Å². The Kier molecular flexibility index (Phi) is 7.21. The Hall–Kier alpha value is -0.710. The second-order valence-electron chi connectivity index (χ2n) is 3.24. The summed E-state index contributed by atoms with van der Waals surface area (Å²) >= 11 is 1.64. The Morgan fingerprint density at radius 2 is 2.25 bits per heavy atom. The van der Waals surface area contributed by atoms with Crippen LogP contribution < -0.4 is 11.1 Å². The first-order valence-corrected chi connectivity index (χ1v) is 6.10. The number of carbonyl (C=O) groups is 1. The van der Waals surface area contributed by atoms with E-state index in [4.69, 9.17) is 5.73 Å². The van der Waals surface area contributed by atoms with Crippen molar-refractivity contribution in [2.45, 2.75) is 24.3 Å². The van der Waals surface area contributed by atoms with E-state index in [0.717, 1.165) is 10.6 Å². The SMILES string of the molecule is CC[C@H](N)C(=O)Nc1cccc(SC)c1.Cl. The molecule has 1 amide bonds. The molecule has 3 N–H and O–H groups in total. The summed E-state index contributed by atoms with van der Waals surface area (Å²) in [5, 5.41) is 2.79. The van der Waals surface area contributed by atoms with Crippen LogP contribution in [-0.2, 0) is 4.79 Å². The summed E-state index contributed by atoms with van der Waals surface area (Å²) in [5.74, 6) is -0.129. The number of thioether (sulfide) groups is 1. The fraction of sp³-hybridized carbons (Fsp3) is 0.364. The standard InChI is InChI=1S/C11H16N2OS.ClH/c1-3-10(12)11(14)13-8-5-4-6-9(7-8)15-2;/h4-7,10H,3,12H2,1-2H3,(H,13,14);1H/t10-;/m0./s1. The van der Waals surface area contributed by atoms with E-state index < -0.39 is 6.04 Å². The molecule has 1 atom stereocenters. The van der Waals surface area contributed by atoms with Crippen LogP contribution in [0.5, 0.6) is 0 Å². The molecule has 1 rings (SSSR count). The predicted molar refractivity (Wildman–Crippen MR) is 72.4 cm³/mol.